The summed E-state index contributed by atoms with van der Waals surface area (Å²) in [4.78, 5) is 13.2. The average Bonchev–Trinajstić information content (AvgIpc) is 2.79. The van der Waals surface area contributed by atoms with Crippen LogP contribution >= 0.6 is 0 Å². The van der Waals surface area contributed by atoms with Gasteiger partial charge in [0.1, 0.15) is 12.3 Å². The Labute approximate surface area is 196 Å². The zero-order valence-electron chi connectivity index (χ0n) is 19.6. The number of hydrogen-bond acceptors (Lipinski definition) is 4. The van der Waals surface area contributed by atoms with Gasteiger partial charge in [-0.15, -0.1) is 0 Å². The summed E-state index contributed by atoms with van der Waals surface area (Å²) < 4.78 is 33.8. The van der Waals surface area contributed by atoms with Crippen molar-refractivity contribution in [2.24, 2.45) is 0 Å². The standard InChI is InChI=1S/C26H30N2O4S/c1-18-13-15-22(16-14-18)33(30,31)28(24-11-8-9-19(2)20(24)3)17-26(29)27-21(4)23-10-6-7-12-25(23)32-5/h6-16,21H,17H2,1-5H3,(H,27,29)/t21-/m0/s1. The number of anilines is 1. The molecule has 0 fully saturated rings. The van der Waals surface area contributed by atoms with Crippen LogP contribution in [0.3, 0.4) is 0 Å². The molecule has 0 heterocycles. The van der Waals surface area contributed by atoms with E-state index in [2.05, 4.69) is 5.32 Å². The smallest absolute Gasteiger partial charge is 0.264 e. The number of hydrogen-bond donors (Lipinski definition) is 1. The minimum atomic E-state index is -3.97. The molecule has 3 aromatic rings. The van der Waals surface area contributed by atoms with E-state index >= 15 is 0 Å². The van der Waals surface area contributed by atoms with Crippen molar-refractivity contribution in [3.05, 3.63) is 89.0 Å². The quantitative estimate of drug-likeness (QED) is 0.522. The Bertz CT molecular complexity index is 1240. The molecule has 0 aliphatic carbocycles. The van der Waals surface area contributed by atoms with E-state index in [4.69, 9.17) is 4.74 Å². The van der Waals surface area contributed by atoms with Gasteiger partial charge in [-0.05, 0) is 63.1 Å². The van der Waals surface area contributed by atoms with Crippen molar-refractivity contribution in [3.63, 3.8) is 0 Å². The molecule has 174 valence electrons. The van der Waals surface area contributed by atoms with E-state index in [1.165, 1.54) is 4.31 Å². The SMILES string of the molecule is COc1ccccc1[C@H](C)NC(=O)CN(c1cccc(C)c1C)S(=O)(=O)c1ccc(C)cc1. The maximum Gasteiger partial charge on any atom is 0.264 e. The van der Waals surface area contributed by atoms with Gasteiger partial charge < -0.3 is 10.1 Å². The number of sulfonamides is 1. The van der Waals surface area contributed by atoms with Crippen LogP contribution in [0.15, 0.2) is 71.6 Å². The monoisotopic (exact) mass is 466 g/mol. The van der Waals surface area contributed by atoms with E-state index in [0.717, 1.165) is 22.3 Å². The molecule has 0 aromatic heterocycles. The predicted molar refractivity (Wildman–Crippen MR) is 131 cm³/mol. The Balaban J connectivity index is 1.95. The van der Waals surface area contributed by atoms with E-state index < -0.39 is 15.9 Å². The average molecular weight is 467 g/mol. The van der Waals surface area contributed by atoms with Crippen molar-refractivity contribution in [2.45, 2.75) is 38.6 Å². The molecule has 0 radical (unpaired) electrons. The predicted octanol–water partition coefficient (Wildman–Crippen LogP) is 4.69. The molecule has 0 aliphatic rings. The third kappa shape index (κ3) is 5.37. The van der Waals surface area contributed by atoms with Gasteiger partial charge in [0, 0.05) is 5.56 Å². The van der Waals surface area contributed by atoms with E-state index in [1.54, 1.807) is 43.5 Å². The molecule has 1 N–H and O–H groups in total. The highest BCUT2D eigenvalue weighted by atomic mass is 32.2. The van der Waals surface area contributed by atoms with Gasteiger partial charge in [-0.25, -0.2) is 8.42 Å². The topological polar surface area (TPSA) is 75.7 Å². The highest BCUT2D eigenvalue weighted by molar-refractivity contribution is 7.92. The summed E-state index contributed by atoms with van der Waals surface area (Å²) in [6.45, 7) is 7.16. The summed E-state index contributed by atoms with van der Waals surface area (Å²) in [5.74, 6) is 0.244. The number of para-hydroxylation sites is 1. The molecule has 0 spiro atoms. The van der Waals surface area contributed by atoms with E-state index in [-0.39, 0.29) is 17.5 Å². The summed E-state index contributed by atoms with van der Waals surface area (Å²) in [5.41, 5.74) is 4.00. The van der Waals surface area contributed by atoms with Crippen LogP contribution in [0.25, 0.3) is 0 Å². The Morgan fingerprint density at radius 2 is 1.64 bits per heavy atom. The number of methoxy groups -OCH3 is 1. The Morgan fingerprint density at radius 1 is 0.970 bits per heavy atom. The van der Waals surface area contributed by atoms with Crippen LogP contribution in [0.1, 0.15) is 35.2 Å². The number of nitrogens with zero attached hydrogens (tertiary/aromatic N) is 1. The van der Waals surface area contributed by atoms with E-state index in [0.29, 0.717) is 11.4 Å². The fraction of sp³-hybridized carbons (Fsp3) is 0.269. The maximum absolute atomic E-state index is 13.6. The van der Waals surface area contributed by atoms with Crippen LogP contribution in [0, 0.1) is 20.8 Å². The molecule has 0 saturated heterocycles. The first-order valence-corrected chi connectivity index (χ1v) is 12.2. The molecular formula is C26H30N2O4S. The van der Waals surface area contributed by atoms with Crippen LogP contribution in [0.5, 0.6) is 5.75 Å². The van der Waals surface area contributed by atoms with Gasteiger partial charge in [0.2, 0.25) is 5.91 Å². The van der Waals surface area contributed by atoms with Crippen LogP contribution in [-0.2, 0) is 14.8 Å². The molecule has 0 bridgehead atoms. The molecule has 1 amide bonds. The lowest BCUT2D eigenvalue weighted by Crippen LogP contribution is -2.42. The Hall–Kier alpha value is -3.32. The molecule has 3 aromatic carbocycles. The van der Waals surface area contributed by atoms with Crippen LogP contribution < -0.4 is 14.4 Å². The largest absolute Gasteiger partial charge is 0.496 e. The first-order valence-electron chi connectivity index (χ1n) is 10.7. The van der Waals surface area contributed by atoms with Crippen molar-refractivity contribution in [1.82, 2.24) is 5.32 Å². The number of aryl methyl sites for hydroxylation is 2. The third-order valence-electron chi connectivity index (χ3n) is 5.72. The minimum Gasteiger partial charge on any atom is -0.496 e. The highest BCUT2D eigenvalue weighted by Gasteiger charge is 2.29. The lowest BCUT2D eigenvalue weighted by molar-refractivity contribution is -0.120. The fourth-order valence-electron chi connectivity index (χ4n) is 3.66. The second-order valence-electron chi connectivity index (χ2n) is 8.07. The van der Waals surface area contributed by atoms with Crippen molar-refractivity contribution in [3.8, 4) is 5.75 Å². The number of ether oxygens (including phenoxy) is 1. The fourth-order valence-corrected chi connectivity index (χ4v) is 5.14. The van der Waals surface area contributed by atoms with Crippen molar-refractivity contribution < 1.29 is 17.9 Å². The lowest BCUT2D eigenvalue weighted by Gasteiger charge is -2.27. The normalized spacial score (nSPS) is 12.2. The zero-order valence-corrected chi connectivity index (χ0v) is 20.4. The number of benzene rings is 3. The highest BCUT2D eigenvalue weighted by Crippen LogP contribution is 2.29. The third-order valence-corrected chi connectivity index (χ3v) is 7.50. The van der Waals surface area contributed by atoms with Crippen LogP contribution in [0.4, 0.5) is 5.69 Å². The molecule has 0 unspecified atom stereocenters. The van der Waals surface area contributed by atoms with Crippen LogP contribution in [0.2, 0.25) is 0 Å². The second kappa shape index (κ2) is 10.1. The van der Waals surface area contributed by atoms with E-state index in [1.807, 2.05) is 58.0 Å². The van der Waals surface area contributed by atoms with Crippen LogP contribution in [-0.4, -0.2) is 28.0 Å². The molecule has 0 aliphatic heterocycles. The van der Waals surface area contributed by atoms with Gasteiger partial charge in [-0.3, -0.25) is 9.10 Å². The van der Waals surface area contributed by atoms with Crippen molar-refractivity contribution in [2.75, 3.05) is 18.0 Å². The molecule has 6 nitrogen and oxygen atoms in total. The van der Waals surface area contributed by atoms with Gasteiger partial charge >= 0.3 is 0 Å². The minimum absolute atomic E-state index is 0.139. The molecular weight excluding hydrogens is 436 g/mol. The summed E-state index contributed by atoms with van der Waals surface area (Å²) >= 11 is 0. The zero-order chi connectivity index (χ0) is 24.2. The van der Waals surface area contributed by atoms with Gasteiger partial charge in [-0.2, -0.15) is 0 Å². The maximum atomic E-state index is 13.6. The number of carbonyl (C=O) groups is 1. The van der Waals surface area contributed by atoms with Gasteiger partial charge in [0.15, 0.2) is 0 Å². The molecule has 1 atom stereocenters. The second-order valence-corrected chi connectivity index (χ2v) is 9.94. The van der Waals surface area contributed by atoms with Gasteiger partial charge in [0.25, 0.3) is 10.0 Å². The summed E-state index contributed by atoms with van der Waals surface area (Å²) in [6.07, 6.45) is 0. The molecule has 3 rings (SSSR count). The van der Waals surface area contributed by atoms with Crippen molar-refractivity contribution >= 4 is 21.6 Å². The number of rotatable bonds is 8. The summed E-state index contributed by atoms with van der Waals surface area (Å²) in [7, 11) is -2.40. The van der Waals surface area contributed by atoms with E-state index in [9.17, 15) is 13.2 Å². The first kappa shape index (κ1) is 24.3. The first-order chi connectivity index (χ1) is 15.6. The number of nitrogens with one attached hydrogen (secondary N) is 1. The Kier molecular flexibility index (Phi) is 7.43. The summed E-state index contributed by atoms with van der Waals surface area (Å²) in [6, 6.07) is 19.1. The Morgan fingerprint density at radius 3 is 2.30 bits per heavy atom. The molecule has 0 saturated carbocycles. The molecule has 33 heavy (non-hydrogen) atoms. The lowest BCUT2D eigenvalue weighted by atomic mass is 10.1. The number of amides is 1. The number of carbonyl (C=O) groups excluding carboxylic acids is 1. The molecule has 7 heteroatoms. The van der Waals surface area contributed by atoms with Crippen molar-refractivity contribution in [1.29, 1.82) is 0 Å². The van der Waals surface area contributed by atoms with Gasteiger partial charge in [0.05, 0.1) is 23.7 Å². The van der Waals surface area contributed by atoms with Gasteiger partial charge in [-0.1, -0.05) is 48.0 Å². The summed E-state index contributed by atoms with van der Waals surface area (Å²) in [5, 5.41) is 2.91.